The number of rotatable bonds is 14. The van der Waals surface area contributed by atoms with Crippen molar-refractivity contribution in [3.63, 3.8) is 0 Å². The number of carboxylic acids is 1. The van der Waals surface area contributed by atoms with E-state index in [1.165, 1.54) is 27.7 Å². The van der Waals surface area contributed by atoms with Crippen molar-refractivity contribution in [1.82, 2.24) is 14.7 Å². The van der Waals surface area contributed by atoms with E-state index in [1.807, 2.05) is 69.3 Å². The predicted molar refractivity (Wildman–Crippen MR) is 225 cm³/mol. The lowest BCUT2D eigenvalue weighted by molar-refractivity contribution is -0.132. The highest BCUT2D eigenvalue weighted by molar-refractivity contribution is 14.1. The van der Waals surface area contributed by atoms with Gasteiger partial charge in [-0.3, -0.25) is 4.79 Å². The lowest BCUT2D eigenvalue weighted by Crippen LogP contribution is -2.39. The minimum atomic E-state index is -1.01. The molecular formula is C39H57I2N3O9. The van der Waals surface area contributed by atoms with Gasteiger partial charge in [-0.25, -0.2) is 14.4 Å². The second kappa shape index (κ2) is 24.0. The molecule has 0 bridgehead atoms. The molecule has 2 rings (SSSR count). The molecule has 0 unspecified atom stereocenters. The Hall–Kier alpha value is -3.54. The van der Waals surface area contributed by atoms with Crippen molar-refractivity contribution >= 4 is 69.2 Å². The molecule has 2 aromatic carbocycles. The zero-order valence-electron chi connectivity index (χ0n) is 31.8. The Kier molecular flexibility index (Phi) is 22.4. The molecule has 0 aliphatic heterocycles. The quantitative estimate of drug-likeness (QED) is 0.146. The maximum atomic E-state index is 12.5. The van der Waals surface area contributed by atoms with Crippen molar-refractivity contribution in [2.75, 3.05) is 53.5 Å². The molecule has 12 nitrogen and oxygen atoms in total. The van der Waals surface area contributed by atoms with Crippen LogP contribution in [0.3, 0.4) is 0 Å². The number of hydrogen-bond acceptors (Lipinski definition) is 8. The smallest absolute Gasteiger partial charge is 0.410 e. The molecule has 0 aromatic heterocycles. The Balaban J connectivity index is 0.00000100. The maximum absolute atomic E-state index is 12.5. The molecule has 53 heavy (non-hydrogen) atoms. The molecule has 0 spiro atoms. The average Bonchev–Trinajstić information content (AvgIpc) is 3.03. The van der Waals surface area contributed by atoms with Crippen molar-refractivity contribution in [2.45, 2.75) is 74.0 Å². The number of likely N-dealkylation sites (N-methyl/N-ethyl adjacent to an activating group) is 1. The molecule has 0 atom stereocenters. The van der Waals surface area contributed by atoms with Crippen molar-refractivity contribution in [3.8, 4) is 11.5 Å². The number of carbonyl (C=O) groups is 4. The standard InChI is InChI=1S/C20H29IN2O4.C18H24INO5.CH4/c1-15(18(24)22(5)6)11-12-23(19(25)27-20(2,3)4)13-14-26-17-9-7-16(21)8-10-17;1-13(16(21)22)9-10-20(17(23)25-18(2,3)4)11-12-24-15-7-5-14(19)6-8-15;/h7-11H,12-14H2,1-6H3;5-9H,10-12H2,1-4H3,(H,21,22);1H4/b15-11+;13-9+;. The van der Waals surface area contributed by atoms with Gasteiger partial charge in [0.2, 0.25) is 5.91 Å². The molecule has 3 amide bonds. The van der Waals surface area contributed by atoms with Gasteiger partial charge in [0.15, 0.2) is 0 Å². The number of nitrogens with zero attached hydrogens (tertiary/aromatic N) is 3. The van der Waals surface area contributed by atoms with Gasteiger partial charge in [0, 0.05) is 45.5 Å². The fraction of sp³-hybridized carbons (Fsp3) is 0.487. The summed E-state index contributed by atoms with van der Waals surface area (Å²) in [6.45, 7) is 15.7. The number of amides is 3. The van der Waals surface area contributed by atoms with Crippen LogP contribution in [0.4, 0.5) is 9.59 Å². The number of ether oxygens (including phenoxy) is 4. The maximum Gasteiger partial charge on any atom is 0.410 e. The minimum absolute atomic E-state index is 0. The third-order valence-electron chi connectivity index (χ3n) is 6.51. The van der Waals surface area contributed by atoms with Crippen LogP contribution in [0.15, 0.2) is 71.8 Å². The van der Waals surface area contributed by atoms with E-state index in [-0.39, 0.29) is 45.1 Å². The highest BCUT2D eigenvalue weighted by Crippen LogP contribution is 2.16. The van der Waals surface area contributed by atoms with Gasteiger partial charge in [-0.15, -0.1) is 0 Å². The normalized spacial score (nSPS) is 11.5. The Morgan fingerprint density at radius 2 is 1.00 bits per heavy atom. The summed E-state index contributed by atoms with van der Waals surface area (Å²) in [6, 6.07) is 15.3. The van der Waals surface area contributed by atoms with Gasteiger partial charge in [0.1, 0.15) is 35.9 Å². The summed E-state index contributed by atoms with van der Waals surface area (Å²) in [5.41, 5.74) is -0.471. The van der Waals surface area contributed by atoms with E-state index >= 15 is 0 Å². The van der Waals surface area contributed by atoms with Crippen LogP contribution >= 0.6 is 45.2 Å². The molecule has 0 aliphatic rings. The molecule has 0 fully saturated rings. The number of hydrogen-bond donors (Lipinski definition) is 1. The topological polar surface area (TPSA) is 135 Å². The number of aliphatic carboxylic acids is 1. The van der Waals surface area contributed by atoms with Crippen LogP contribution in [-0.4, -0.2) is 109 Å². The van der Waals surface area contributed by atoms with E-state index in [0.717, 1.165) is 12.9 Å². The molecule has 0 saturated heterocycles. The fourth-order valence-corrected chi connectivity index (χ4v) is 4.52. The SMILES string of the molecule is C.C/C(=C\CN(CCOc1ccc(I)cc1)C(=O)OC(C)(C)C)C(=O)N(C)C.C/C(=C\CN(CCOc1ccc(I)cc1)C(=O)OC(C)(C)C)C(=O)O. The minimum Gasteiger partial charge on any atom is -0.492 e. The second-order valence-electron chi connectivity index (χ2n) is 13.7. The Morgan fingerprint density at radius 1 is 0.660 bits per heavy atom. The van der Waals surface area contributed by atoms with Crippen molar-refractivity contribution in [1.29, 1.82) is 0 Å². The molecule has 0 heterocycles. The summed E-state index contributed by atoms with van der Waals surface area (Å²) in [5, 5.41) is 8.94. The predicted octanol–water partition coefficient (Wildman–Crippen LogP) is 8.52. The first-order valence-electron chi connectivity index (χ1n) is 16.6. The molecular weight excluding hydrogens is 908 g/mol. The van der Waals surface area contributed by atoms with Crippen LogP contribution in [0.2, 0.25) is 0 Å². The van der Waals surface area contributed by atoms with Gasteiger partial charge in [0.25, 0.3) is 0 Å². The molecule has 0 radical (unpaired) electrons. The zero-order chi connectivity index (χ0) is 39.6. The number of carboxylic acid groups (broad SMARTS) is 1. The fourth-order valence-electron chi connectivity index (χ4n) is 3.80. The first kappa shape index (κ1) is 49.5. The van der Waals surface area contributed by atoms with E-state index in [1.54, 1.807) is 47.9 Å². The summed E-state index contributed by atoms with van der Waals surface area (Å²) in [7, 11) is 3.39. The Morgan fingerprint density at radius 3 is 1.30 bits per heavy atom. The summed E-state index contributed by atoms with van der Waals surface area (Å²) in [6.07, 6.45) is 2.28. The Bertz CT molecular complexity index is 1510. The van der Waals surface area contributed by atoms with E-state index in [2.05, 4.69) is 45.2 Å². The number of benzene rings is 2. The molecule has 1 N–H and O–H groups in total. The van der Waals surface area contributed by atoms with E-state index < -0.39 is 29.4 Å². The summed E-state index contributed by atoms with van der Waals surface area (Å²) >= 11 is 4.44. The third kappa shape index (κ3) is 22.3. The molecule has 296 valence electrons. The van der Waals surface area contributed by atoms with Gasteiger partial charge in [-0.1, -0.05) is 19.6 Å². The highest BCUT2D eigenvalue weighted by atomic mass is 127. The van der Waals surface area contributed by atoms with Crippen molar-refractivity contribution < 1.29 is 43.2 Å². The van der Waals surface area contributed by atoms with Crippen molar-refractivity contribution in [2.24, 2.45) is 0 Å². The molecule has 14 heteroatoms. The van der Waals surface area contributed by atoms with Gasteiger partial charge < -0.3 is 38.8 Å². The van der Waals surface area contributed by atoms with Gasteiger partial charge in [0.05, 0.1) is 13.1 Å². The lowest BCUT2D eigenvalue weighted by Gasteiger charge is -2.27. The van der Waals surface area contributed by atoms with Gasteiger partial charge in [-0.05, 0) is 149 Å². The Labute approximate surface area is 343 Å². The van der Waals surface area contributed by atoms with Crippen LogP contribution in [0.1, 0.15) is 62.8 Å². The van der Waals surface area contributed by atoms with Gasteiger partial charge >= 0.3 is 18.2 Å². The van der Waals surface area contributed by atoms with Crippen LogP contribution < -0.4 is 9.47 Å². The van der Waals surface area contributed by atoms with Crippen LogP contribution in [-0.2, 0) is 19.1 Å². The third-order valence-corrected chi connectivity index (χ3v) is 7.95. The van der Waals surface area contributed by atoms with Crippen LogP contribution in [0, 0.1) is 7.14 Å². The summed E-state index contributed by atoms with van der Waals surface area (Å²) in [5.74, 6) is 0.351. The van der Waals surface area contributed by atoms with E-state index in [4.69, 9.17) is 24.1 Å². The number of carbonyl (C=O) groups excluding carboxylic acids is 3. The molecule has 0 aliphatic carbocycles. The van der Waals surface area contributed by atoms with Gasteiger partial charge in [-0.2, -0.15) is 0 Å². The van der Waals surface area contributed by atoms with Crippen molar-refractivity contribution in [3.05, 3.63) is 79.0 Å². The second-order valence-corrected chi connectivity index (χ2v) is 16.2. The average molecular weight is 966 g/mol. The molecule has 2 aromatic rings. The first-order chi connectivity index (χ1) is 24.1. The van der Waals surface area contributed by atoms with Crippen LogP contribution in [0.25, 0.3) is 0 Å². The van der Waals surface area contributed by atoms with E-state index in [9.17, 15) is 19.2 Å². The van der Waals surface area contributed by atoms with E-state index in [0.29, 0.717) is 24.5 Å². The van der Waals surface area contributed by atoms with Crippen LogP contribution in [0.5, 0.6) is 11.5 Å². The highest BCUT2D eigenvalue weighted by Gasteiger charge is 2.23. The monoisotopic (exact) mass is 965 g/mol. The largest absolute Gasteiger partial charge is 0.492 e. The summed E-state index contributed by atoms with van der Waals surface area (Å²) in [4.78, 5) is 52.1. The number of halogens is 2. The lowest BCUT2D eigenvalue weighted by atomic mass is 10.2. The zero-order valence-corrected chi connectivity index (χ0v) is 36.1. The summed E-state index contributed by atoms with van der Waals surface area (Å²) < 4.78 is 24.4. The molecule has 0 saturated carbocycles. The first-order valence-corrected chi connectivity index (χ1v) is 18.7.